The average molecular weight is 293 g/mol. The quantitative estimate of drug-likeness (QED) is 0.666. The van der Waals surface area contributed by atoms with Crippen LogP contribution in [-0.2, 0) is 6.61 Å². The van der Waals surface area contributed by atoms with Crippen LogP contribution in [0.3, 0.4) is 0 Å². The highest BCUT2D eigenvalue weighted by molar-refractivity contribution is 5.79. The van der Waals surface area contributed by atoms with Crippen molar-refractivity contribution in [2.75, 3.05) is 0 Å². The van der Waals surface area contributed by atoms with Gasteiger partial charge in [0.25, 0.3) is 0 Å². The summed E-state index contributed by atoms with van der Waals surface area (Å²) in [5, 5.41) is 0. The molecule has 0 N–H and O–H groups in total. The SMILES string of the molecule is Cc1oc(COc2ccccc2C=O)nc1-c1ccccc1. The van der Waals surface area contributed by atoms with Crippen molar-refractivity contribution in [1.29, 1.82) is 0 Å². The van der Waals surface area contributed by atoms with Crippen LogP contribution in [0.25, 0.3) is 11.3 Å². The molecule has 22 heavy (non-hydrogen) atoms. The van der Waals surface area contributed by atoms with Gasteiger partial charge in [0.2, 0.25) is 5.89 Å². The fourth-order valence-corrected chi connectivity index (χ4v) is 2.23. The number of benzene rings is 2. The fraction of sp³-hybridized carbons (Fsp3) is 0.111. The summed E-state index contributed by atoms with van der Waals surface area (Å²) < 4.78 is 11.3. The maximum absolute atomic E-state index is 11.0. The summed E-state index contributed by atoms with van der Waals surface area (Å²) in [5.41, 5.74) is 2.32. The third-order valence-electron chi connectivity index (χ3n) is 3.29. The number of carbonyl (C=O) groups is 1. The first kappa shape index (κ1) is 14.1. The van der Waals surface area contributed by atoms with Gasteiger partial charge < -0.3 is 9.15 Å². The first-order chi connectivity index (χ1) is 10.8. The van der Waals surface area contributed by atoms with Gasteiger partial charge in [0, 0.05) is 5.56 Å². The largest absolute Gasteiger partial charge is 0.483 e. The highest BCUT2D eigenvalue weighted by Crippen LogP contribution is 2.24. The molecule has 2 aromatic carbocycles. The lowest BCUT2D eigenvalue weighted by atomic mass is 10.1. The van der Waals surface area contributed by atoms with Crippen LogP contribution >= 0.6 is 0 Å². The fourth-order valence-electron chi connectivity index (χ4n) is 2.23. The molecule has 0 aliphatic heterocycles. The normalized spacial score (nSPS) is 10.4. The Balaban J connectivity index is 1.78. The highest BCUT2D eigenvalue weighted by Gasteiger charge is 2.12. The smallest absolute Gasteiger partial charge is 0.233 e. The molecule has 0 saturated heterocycles. The number of ether oxygens (including phenoxy) is 1. The van der Waals surface area contributed by atoms with E-state index in [1.54, 1.807) is 18.2 Å². The summed E-state index contributed by atoms with van der Waals surface area (Å²) in [4.78, 5) is 15.4. The van der Waals surface area contributed by atoms with Crippen LogP contribution in [0, 0.1) is 6.92 Å². The molecule has 3 aromatic rings. The topological polar surface area (TPSA) is 52.3 Å². The Labute approximate surface area is 128 Å². The van der Waals surface area contributed by atoms with Gasteiger partial charge in [0.15, 0.2) is 12.9 Å². The van der Waals surface area contributed by atoms with E-state index in [1.807, 2.05) is 43.3 Å². The van der Waals surface area contributed by atoms with Crippen molar-refractivity contribution >= 4 is 6.29 Å². The standard InChI is InChI=1S/C18H15NO3/c1-13-18(14-7-3-2-4-8-14)19-17(22-13)12-21-16-10-6-5-9-15(16)11-20/h2-11H,12H2,1H3. The number of hydrogen-bond acceptors (Lipinski definition) is 4. The van der Waals surface area contributed by atoms with Crippen molar-refractivity contribution < 1.29 is 13.9 Å². The second-order valence-corrected chi connectivity index (χ2v) is 4.82. The number of hydrogen-bond donors (Lipinski definition) is 0. The van der Waals surface area contributed by atoms with E-state index in [4.69, 9.17) is 9.15 Å². The molecule has 0 radical (unpaired) electrons. The number of rotatable bonds is 5. The van der Waals surface area contributed by atoms with Gasteiger partial charge in [-0.1, -0.05) is 42.5 Å². The Bertz CT molecular complexity index is 778. The molecule has 1 aromatic heterocycles. The number of aldehydes is 1. The zero-order chi connectivity index (χ0) is 15.4. The van der Waals surface area contributed by atoms with E-state index >= 15 is 0 Å². The average Bonchev–Trinajstić information content (AvgIpc) is 2.95. The molecule has 1 heterocycles. The molecular weight excluding hydrogens is 278 g/mol. The lowest BCUT2D eigenvalue weighted by molar-refractivity contribution is 0.111. The van der Waals surface area contributed by atoms with Crippen LogP contribution < -0.4 is 4.74 Å². The maximum atomic E-state index is 11.0. The van der Waals surface area contributed by atoms with Crippen molar-refractivity contribution in [1.82, 2.24) is 4.98 Å². The van der Waals surface area contributed by atoms with Crippen molar-refractivity contribution in [2.24, 2.45) is 0 Å². The summed E-state index contributed by atoms with van der Waals surface area (Å²) >= 11 is 0. The maximum Gasteiger partial charge on any atom is 0.233 e. The molecule has 0 bridgehead atoms. The zero-order valence-corrected chi connectivity index (χ0v) is 12.2. The van der Waals surface area contributed by atoms with Gasteiger partial charge in [-0.05, 0) is 19.1 Å². The Hall–Kier alpha value is -2.88. The number of para-hydroxylation sites is 1. The van der Waals surface area contributed by atoms with Crippen LogP contribution in [0.2, 0.25) is 0 Å². The monoisotopic (exact) mass is 293 g/mol. The Kier molecular flexibility index (Phi) is 4.01. The summed E-state index contributed by atoms with van der Waals surface area (Å²) in [6, 6.07) is 16.9. The zero-order valence-electron chi connectivity index (χ0n) is 12.2. The summed E-state index contributed by atoms with van der Waals surface area (Å²) in [6.45, 7) is 2.05. The molecule has 0 aliphatic carbocycles. The van der Waals surface area contributed by atoms with Crippen molar-refractivity contribution in [3.8, 4) is 17.0 Å². The molecule has 0 amide bonds. The first-order valence-corrected chi connectivity index (χ1v) is 6.96. The van der Waals surface area contributed by atoms with Crippen LogP contribution in [0.4, 0.5) is 0 Å². The third-order valence-corrected chi connectivity index (χ3v) is 3.29. The van der Waals surface area contributed by atoms with E-state index < -0.39 is 0 Å². The molecule has 0 saturated carbocycles. The molecule has 110 valence electrons. The van der Waals surface area contributed by atoms with Gasteiger partial charge in [-0.25, -0.2) is 4.98 Å². The lowest BCUT2D eigenvalue weighted by Crippen LogP contribution is -1.98. The second kappa shape index (κ2) is 6.26. The van der Waals surface area contributed by atoms with Crippen molar-refractivity contribution in [2.45, 2.75) is 13.5 Å². The molecule has 4 heteroatoms. The van der Waals surface area contributed by atoms with Gasteiger partial charge in [-0.2, -0.15) is 0 Å². The summed E-state index contributed by atoms with van der Waals surface area (Å²) in [5.74, 6) is 1.75. The Morgan fingerprint density at radius 1 is 1.09 bits per heavy atom. The number of aryl methyl sites for hydroxylation is 1. The minimum atomic E-state index is 0.179. The number of oxazole rings is 1. The van der Waals surface area contributed by atoms with E-state index in [9.17, 15) is 4.79 Å². The van der Waals surface area contributed by atoms with Gasteiger partial charge in [-0.15, -0.1) is 0 Å². The van der Waals surface area contributed by atoms with E-state index in [1.165, 1.54) is 0 Å². The van der Waals surface area contributed by atoms with Crippen molar-refractivity contribution in [3.05, 3.63) is 71.8 Å². The summed E-state index contributed by atoms with van der Waals surface area (Å²) in [7, 11) is 0. The van der Waals surface area contributed by atoms with Gasteiger partial charge in [-0.3, -0.25) is 4.79 Å². The van der Waals surface area contributed by atoms with Crippen molar-refractivity contribution in [3.63, 3.8) is 0 Å². The van der Waals surface area contributed by atoms with E-state index in [0.717, 1.165) is 23.3 Å². The van der Waals surface area contributed by atoms with Crippen LogP contribution in [-0.4, -0.2) is 11.3 Å². The van der Waals surface area contributed by atoms with E-state index in [0.29, 0.717) is 17.2 Å². The number of aromatic nitrogens is 1. The molecule has 0 spiro atoms. The van der Waals surface area contributed by atoms with Crippen LogP contribution in [0.15, 0.2) is 59.0 Å². The molecule has 3 rings (SSSR count). The Morgan fingerprint density at radius 3 is 2.59 bits per heavy atom. The Morgan fingerprint density at radius 2 is 1.82 bits per heavy atom. The molecule has 0 fully saturated rings. The van der Waals surface area contributed by atoms with Gasteiger partial charge >= 0.3 is 0 Å². The van der Waals surface area contributed by atoms with Crippen LogP contribution in [0.1, 0.15) is 22.0 Å². The van der Waals surface area contributed by atoms with E-state index in [-0.39, 0.29) is 6.61 Å². The summed E-state index contributed by atoms with van der Waals surface area (Å²) in [6.07, 6.45) is 0.769. The van der Waals surface area contributed by atoms with Gasteiger partial charge in [0.1, 0.15) is 17.2 Å². The number of carbonyl (C=O) groups excluding carboxylic acids is 1. The first-order valence-electron chi connectivity index (χ1n) is 6.96. The number of nitrogens with zero attached hydrogens (tertiary/aromatic N) is 1. The predicted octanol–water partition coefficient (Wildman–Crippen LogP) is 4.04. The molecule has 0 atom stereocenters. The van der Waals surface area contributed by atoms with E-state index in [2.05, 4.69) is 4.98 Å². The minimum absolute atomic E-state index is 0.179. The molecule has 4 nitrogen and oxygen atoms in total. The molecular formula is C18H15NO3. The third kappa shape index (κ3) is 2.91. The molecule has 0 unspecified atom stereocenters. The predicted molar refractivity (Wildman–Crippen MR) is 82.8 cm³/mol. The highest BCUT2D eigenvalue weighted by atomic mass is 16.5. The molecule has 0 aliphatic rings. The lowest BCUT2D eigenvalue weighted by Gasteiger charge is -2.05. The second-order valence-electron chi connectivity index (χ2n) is 4.82. The van der Waals surface area contributed by atoms with Gasteiger partial charge in [0.05, 0.1) is 5.56 Å². The minimum Gasteiger partial charge on any atom is -0.483 e. The van der Waals surface area contributed by atoms with Crippen LogP contribution in [0.5, 0.6) is 5.75 Å².